The number of carbonyl (C=O) groups excluding carboxylic acids is 2. The zero-order valence-corrected chi connectivity index (χ0v) is 16.7. The Balaban J connectivity index is 2.71. The molecule has 0 heterocycles. The molecule has 0 aliphatic rings. The Morgan fingerprint density at radius 3 is 2.48 bits per heavy atom. The van der Waals surface area contributed by atoms with Crippen molar-refractivity contribution in [2.75, 3.05) is 19.3 Å². The Hall–Kier alpha value is -2.79. The molecular weight excluding hydrogens is 362 g/mol. The van der Waals surface area contributed by atoms with Gasteiger partial charge in [-0.3, -0.25) is 9.79 Å². The maximum Gasteiger partial charge on any atom is 0.341 e. The quantitative estimate of drug-likeness (QED) is 0.599. The monoisotopic (exact) mass is 385 g/mol. The number of aliphatic imine (C=N–C) groups is 3. The summed E-state index contributed by atoms with van der Waals surface area (Å²) in [7, 11) is 1.67. The second-order valence-electron chi connectivity index (χ2n) is 5.55. The summed E-state index contributed by atoms with van der Waals surface area (Å²) in [6.07, 6.45) is 1.67. The number of benzene rings is 1. The molecule has 1 atom stereocenters. The number of nitriles is 1. The number of rotatable bonds is 6. The largest absolute Gasteiger partial charge is 0.341 e. The molecule has 0 aliphatic carbocycles. The minimum Gasteiger partial charge on any atom is -0.335 e. The number of carbonyl (C=O) groups is 2. The Morgan fingerprint density at radius 1 is 1.30 bits per heavy atom. The number of ketones is 1. The van der Waals surface area contributed by atoms with Gasteiger partial charge in [-0.25, -0.2) is 9.79 Å². The standard InChI is InChI=1S/C19H23N5O2S/c1-5-22-18(21-4)16-8-6-15(7-9-16)17(10-20)11-23-19(26)24-14(3)27-12-13(2)25/h5-9,17H,11-12H2,1-4H3,(H,23,26). The van der Waals surface area contributed by atoms with E-state index in [0.29, 0.717) is 10.9 Å². The highest BCUT2D eigenvalue weighted by molar-refractivity contribution is 8.14. The number of amidine groups is 1. The first-order valence-corrected chi connectivity index (χ1v) is 9.30. The lowest BCUT2D eigenvalue weighted by Gasteiger charge is -2.11. The van der Waals surface area contributed by atoms with E-state index in [4.69, 9.17) is 0 Å². The van der Waals surface area contributed by atoms with Gasteiger partial charge in [0.15, 0.2) is 5.84 Å². The molecule has 8 heteroatoms. The minimum atomic E-state index is -0.530. The molecule has 142 valence electrons. The fourth-order valence-electron chi connectivity index (χ4n) is 2.10. The topological polar surface area (TPSA) is 107 Å². The van der Waals surface area contributed by atoms with E-state index in [1.54, 1.807) is 20.2 Å². The Bertz CT molecular complexity index is 791. The van der Waals surface area contributed by atoms with E-state index in [1.807, 2.05) is 31.2 Å². The zero-order valence-electron chi connectivity index (χ0n) is 15.9. The minimum absolute atomic E-state index is 0.0175. The van der Waals surface area contributed by atoms with Crippen molar-refractivity contribution in [2.45, 2.75) is 26.7 Å². The van der Waals surface area contributed by atoms with E-state index in [9.17, 15) is 14.9 Å². The Morgan fingerprint density at radius 2 is 1.96 bits per heavy atom. The van der Waals surface area contributed by atoms with Crippen LogP contribution in [0.4, 0.5) is 4.79 Å². The van der Waals surface area contributed by atoms with Crippen LogP contribution in [0, 0.1) is 11.3 Å². The second kappa shape index (κ2) is 11.8. The summed E-state index contributed by atoms with van der Waals surface area (Å²) in [5.74, 6) is 0.406. The van der Waals surface area contributed by atoms with Crippen LogP contribution in [0.5, 0.6) is 0 Å². The summed E-state index contributed by atoms with van der Waals surface area (Å²) in [6.45, 7) is 5.10. The van der Waals surface area contributed by atoms with Gasteiger partial charge in [0.25, 0.3) is 0 Å². The predicted octanol–water partition coefficient (Wildman–Crippen LogP) is 3.21. The molecule has 1 rings (SSSR count). The molecule has 0 fully saturated rings. The number of hydrogen-bond acceptors (Lipinski definition) is 5. The van der Waals surface area contributed by atoms with Crippen molar-refractivity contribution in [2.24, 2.45) is 15.0 Å². The van der Waals surface area contributed by atoms with Crippen molar-refractivity contribution in [1.82, 2.24) is 5.32 Å². The molecule has 1 aromatic carbocycles. The lowest BCUT2D eigenvalue weighted by Crippen LogP contribution is -2.26. The fourth-order valence-corrected chi connectivity index (χ4v) is 2.66. The molecule has 0 radical (unpaired) electrons. The van der Waals surface area contributed by atoms with Gasteiger partial charge in [0.05, 0.1) is 22.8 Å². The normalized spacial score (nSPS) is 13.3. The summed E-state index contributed by atoms with van der Waals surface area (Å²) >= 11 is 1.21. The fraction of sp³-hybridized carbons (Fsp3) is 0.368. The third-order valence-corrected chi connectivity index (χ3v) is 4.45. The van der Waals surface area contributed by atoms with Crippen LogP contribution in [0.15, 0.2) is 39.2 Å². The highest BCUT2D eigenvalue weighted by Gasteiger charge is 2.13. The number of Topliss-reactive ketones (excluding diaryl/α,β-unsaturated/α-hetero) is 1. The molecule has 2 amide bonds. The number of urea groups is 1. The molecule has 0 aromatic heterocycles. The van der Waals surface area contributed by atoms with Gasteiger partial charge in [-0.15, -0.1) is 11.8 Å². The van der Waals surface area contributed by atoms with Crippen LogP contribution in [0.3, 0.4) is 0 Å². The molecule has 1 N–H and O–H groups in total. The van der Waals surface area contributed by atoms with E-state index in [0.717, 1.165) is 11.1 Å². The number of amides is 2. The maximum atomic E-state index is 11.9. The number of hydrogen-bond donors (Lipinski definition) is 1. The molecule has 27 heavy (non-hydrogen) atoms. The average Bonchev–Trinajstić information content (AvgIpc) is 2.65. The summed E-state index contributed by atoms with van der Waals surface area (Å²) in [4.78, 5) is 35.0. The van der Waals surface area contributed by atoms with Crippen LogP contribution >= 0.6 is 11.8 Å². The van der Waals surface area contributed by atoms with Crippen molar-refractivity contribution >= 4 is 40.7 Å². The molecular formula is C19H23N5O2S. The first-order chi connectivity index (χ1) is 12.9. The van der Waals surface area contributed by atoms with Gasteiger partial charge in [-0.1, -0.05) is 24.3 Å². The van der Waals surface area contributed by atoms with Crippen molar-refractivity contribution < 1.29 is 9.59 Å². The van der Waals surface area contributed by atoms with Gasteiger partial charge in [-0.2, -0.15) is 10.3 Å². The first kappa shape index (κ1) is 22.3. The van der Waals surface area contributed by atoms with E-state index in [-0.39, 0.29) is 18.1 Å². The molecule has 7 nitrogen and oxygen atoms in total. The van der Waals surface area contributed by atoms with Crippen LogP contribution in [0.1, 0.15) is 37.8 Å². The first-order valence-electron chi connectivity index (χ1n) is 8.32. The SMILES string of the molecule is CC=NC(=NC)c1ccc(C(C#N)CNC(=O)N=C(C)SCC(C)=O)cc1. The molecule has 1 aromatic rings. The van der Waals surface area contributed by atoms with Gasteiger partial charge in [0.1, 0.15) is 5.78 Å². The highest BCUT2D eigenvalue weighted by atomic mass is 32.2. The number of thioether (sulfide) groups is 1. The van der Waals surface area contributed by atoms with Crippen LogP contribution in [-0.2, 0) is 4.79 Å². The molecule has 0 bridgehead atoms. The summed E-state index contributed by atoms with van der Waals surface area (Å²) < 4.78 is 0. The Labute approximate surface area is 163 Å². The summed E-state index contributed by atoms with van der Waals surface area (Å²) in [5, 5.41) is 12.5. The predicted molar refractivity (Wildman–Crippen MR) is 111 cm³/mol. The van der Waals surface area contributed by atoms with Crippen LogP contribution in [0.25, 0.3) is 0 Å². The highest BCUT2D eigenvalue weighted by Crippen LogP contribution is 2.16. The van der Waals surface area contributed by atoms with Gasteiger partial charge < -0.3 is 5.32 Å². The average molecular weight is 385 g/mol. The van der Waals surface area contributed by atoms with Crippen molar-refractivity contribution in [1.29, 1.82) is 5.26 Å². The van der Waals surface area contributed by atoms with E-state index in [2.05, 4.69) is 26.4 Å². The molecule has 0 aliphatic heterocycles. The molecule has 0 saturated heterocycles. The van der Waals surface area contributed by atoms with E-state index in [1.165, 1.54) is 18.7 Å². The van der Waals surface area contributed by atoms with Gasteiger partial charge in [0, 0.05) is 25.4 Å². The lowest BCUT2D eigenvalue weighted by atomic mass is 9.99. The van der Waals surface area contributed by atoms with Gasteiger partial charge >= 0.3 is 6.03 Å². The van der Waals surface area contributed by atoms with Gasteiger partial charge in [0.2, 0.25) is 0 Å². The van der Waals surface area contributed by atoms with Gasteiger partial charge in [-0.05, 0) is 26.3 Å². The Kier molecular flexibility index (Phi) is 9.69. The summed E-state index contributed by atoms with van der Waals surface area (Å²) in [6, 6.07) is 8.99. The second-order valence-corrected chi connectivity index (χ2v) is 6.71. The zero-order chi connectivity index (χ0) is 20.2. The van der Waals surface area contributed by atoms with Crippen LogP contribution in [-0.4, -0.2) is 48.3 Å². The van der Waals surface area contributed by atoms with E-state index >= 15 is 0 Å². The number of nitrogens with zero attached hydrogens (tertiary/aromatic N) is 4. The third-order valence-electron chi connectivity index (χ3n) is 3.39. The number of nitrogens with one attached hydrogen (secondary N) is 1. The molecule has 0 saturated carbocycles. The molecule has 0 spiro atoms. The lowest BCUT2D eigenvalue weighted by molar-refractivity contribution is -0.114. The third kappa shape index (κ3) is 7.96. The van der Waals surface area contributed by atoms with Crippen molar-refractivity contribution in [3.8, 4) is 6.07 Å². The van der Waals surface area contributed by atoms with Crippen molar-refractivity contribution in [3.05, 3.63) is 35.4 Å². The van der Waals surface area contributed by atoms with Crippen LogP contribution in [0.2, 0.25) is 0 Å². The van der Waals surface area contributed by atoms with E-state index < -0.39 is 11.9 Å². The summed E-state index contributed by atoms with van der Waals surface area (Å²) in [5.41, 5.74) is 1.63. The van der Waals surface area contributed by atoms with Crippen molar-refractivity contribution in [3.63, 3.8) is 0 Å². The smallest absolute Gasteiger partial charge is 0.335 e. The molecule has 1 unspecified atom stereocenters. The maximum absolute atomic E-state index is 11.9. The van der Waals surface area contributed by atoms with Crippen LogP contribution < -0.4 is 5.32 Å².